The Labute approximate surface area is 119 Å². The normalized spacial score (nSPS) is 11.9. The molecule has 104 valence electrons. The van der Waals surface area contributed by atoms with E-state index < -0.39 is 0 Å². The molecule has 20 heavy (non-hydrogen) atoms. The minimum atomic E-state index is -0.0732. The number of anilines is 1. The van der Waals surface area contributed by atoms with Crippen LogP contribution in [0.1, 0.15) is 41.4 Å². The zero-order valence-electron chi connectivity index (χ0n) is 11.9. The molecular weight excluding hydrogens is 248 g/mol. The van der Waals surface area contributed by atoms with Crippen LogP contribution in [0.3, 0.4) is 0 Å². The van der Waals surface area contributed by atoms with Gasteiger partial charge in [-0.05, 0) is 42.7 Å². The number of rotatable bonds is 4. The molecule has 0 spiro atoms. The minimum Gasteiger partial charge on any atom is -0.399 e. The molecule has 0 bridgehead atoms. The predicted molar refractivity (Wildman–Crippen MR) is 82.6 cm³/mol. The lowest BCUT2D eigenvalue weighted by Gasteiger charge is -2.16. The van der Waals surface area contributed by atoms with Crippen LogP contribution < -0.4 is 11.1 Å². The Kier molecular flexibility index (Phi) is 4.41. The van der Waals surface area contributed by atoms with Crippen LogP contribution in [-0.2, 0) is 6.42 Å². The first-order chi connectivity index (χ1) is 9.61. The SMILES string of the molecule is CCc1ccccc1C(=O)NC(C)c1cccc(N)c1. The lowest BCUT2D eigenvalue weighted by Crippen LogP contribution is -2.27. The van der Waals surface area contributed by atoms with Crippen molar-refractivity contribution in [3.63, 3.8) is 0 Å². The fraction of sp³-hybridized carbons (Fsp3) is 0.235. The lowest BCUT2D eigenvalue weighted by atomic mass is 10.0. The summed E-state index contributed by atoms with van der Waals surface area (Å²) >= 11 is 0. The molecular formula is C17H20N2O. The minimum absolute atomic E-state index is 0.0441. The van der Waals surface area contributed by atoms with E-state index in [4.69, 9.17) is 5.73 Å². The molecule has 0 heterocycles. The van der Waals surface area contributed by atoms with Crippen molar-refractivity contribution in [2.24, 2.45) is 0 Å². The second-order valence-electron chi connectivity index (χ2n) is 4.88. The van der Waals surface area contributed by atoms with Crippen molar-refractivity contribution in [2.45, 2.75) is 26.3 Å². The van der Waals surface area contributed by atoms with E-state index >= 15 is 0 Å². The number of nitrogen functional groups attached to an aromatic ring is 1. The fourth-order valence-corrected chi connectivity index (χ4v) is 2.24. The molecule has 0 aliphatic heterocycles. The van der Waals surface area contributed by atoms with Gasteiger partial charge >= 0.3 is 0 Å². The molecule has 0 fully saturated rings. The summed E-state index contributed by atoms with van der Waals surface area (Å²) in [4.78, 5) is 12.4. The van der Waals surface area contributed by atoms with Gasteiger partial charge < -0.3 is 11.1 Å². The van der Waals surface area contributed by atoms with Crippen molar-refractivity contribution in [3.05, 3.63) is 65.2 Å². The highest BCUT2D eigenvalue weighted by Gasteiger charge is 2.13. The largest absolute Gasteiger partial charge is 0.399 e. The first-order valence-corrected chi connectivity index (χ1v) is 6.86. The molecule has 1 amide bonds. The number of amides is 1. The highest BCUT2D eigenvalue weighted by Crippen LogP contribution is 2.17. The molecule has 1 atom stereocenters. The van der Waals surface area contributed by atoms with Gasteiger partial charge in [0.25, 0.3) is 5.91 Å². The van der Waals surface area contributed by atoms with Crippen molar-refractivity contribution in [2.75, 3.05) is 5.73 Å². The second-order valence-corrected chi connectivity index (χ2v) is 4.88. The van der Waals surface area contributed by atoms with E-state index in [1.165, 1.54) is 0 Å². The van der Waals surface area contributed by atoms with E-state index in [2.05, 4.69) is 5.32 Å². The summed E-state index contributed by atoms with van der Waals surface area (Å²) in [5.41, 5.74) is 9.29. The standard InChI is InChI=1S/C17H20N2O/c1-3-13-7-4-5-10-16(13)17(20)19-12(2)14-8-6-9-15(18)11-14/h4-12H,3,18H2,1-2H3,(H,19,20). The van der Waals surface area contributed by atoms with E-state index in [-0.39, 0.29) is 11.9 Å². The summed E-state index contributed by atoms with van der Waals surface area (Å²) in [6.45, 7) is 4.01. The third-order valence-electron chi connectivity index (χ3n) is 3.40. The van der Waals surface area contributed by atoms with Crippen LogP contribution in [0.4, 0.5) is 5.69 Å². The third-order valence-corrected chi connectivity index (χ3v) is 3.40. The van der Waals surface area contributed by atoms with Crippen LogP contribution in [0, 0.1) is 0 Å². The number of aryl methyl sites for hydroxylation is 1. The van der Waals surface area contributed by atoms with E-state index in [9.17, 15) is 4.79 Å². The Hall–Kier alpha value is -2.29. The summed E-state index contributed by atoms with van der Waals surface area (Å²) in [6, 6.07) is 15.2. The Balaban J connectivity index is 2.15. The van der Waals surface area contributed by atoms with E-state index in [1.54, 1.807) is 0 Å². The molecule has 0 radical (unpaired) electrons. The maximum Gasteiger partial charge on any atom is 0.252 e. The molecule has 1 unspecified atom stereocenters. The zero-order chi connectivity index (χ0) is 14.5. The van der Waals surface area contributed by atoms with Gasteiger partial charge in [0.1, 0.15) is 0 Å². The number of benzene rings is 2. The molecule has 0 aliphatic carbocycles. The first kappa shape index (κ1) is 14.1. The highest BCUT2D eigenvalue weighted by atomic mass is 16.1. The molecule has 0 aromatic heterocycles. The van der Waals surface area contributed by atoms with Crippen LogP contribution in [-0.4, -0.2) is 5.91 Å². The van der Waals surface area contributed by atoms with Gasteiger partial charge in [0, 0.05) is 11.3 Å². The molecule has 0 aliphatic rings. The summed E-state index contributed by atoms with van der Waals surface area (Å²) in [6.07, 6.45) is 0.844. The van der Waals surface area contributed by atoms with E-state index in [0.29, 0.717) is 5.69 Å². The second kappa shape index (κ2) is 6.24. The van der Waals surface area contributed by atoms with Crippen molar-refractivity contribution in [1.82, 2.24) is 5.32 Å². The summed E-state index contributed by atoms with van der Waals surface area (Å²) in [5.74, 6) is -0.0441. The number of carbonyl (C=O) groups is 1. The van der Waals surface area contributed by atoms with Crippen LogP contribution >= 0.6 is 0 Å². The van der Waals surface area contributed by atoms with E-state index in [0.717, 1.165) is 23.1 Å². The Morgan fingerprint density at radius 2 is 1.95 bits per heavy atom. The number of carbonyl (C=O) groups excluding carboxylic acids is 1. The molecule has 0 saturated heterocycles. The average molecular weight is 268 g/mol. The maximum absolute atomic E-state index is 12.4. The number of nitrogens with two attached hydrogens (primary N) is 1. The van der Waals surface area contributed by atoms with Crippen LogP contribution in [0.15, 0.2) is 48.5 Å². The maximum atomic E-state index is 12.4. The van der Waals surface area contributed by atoms with Gasteiger partial charge in [-0.3, -0.25) is 4.79 Å². The van der Waals surface area contributed by atoms with Gasteiger partial charge in [-0.2, -0.15) is 0 Å². The van der Waals surface area contributed by atoms with Crippen molar-refractivity contribution < 1.29 is 4.79 Å². The molecule has 3 heteroatoms. The fourth-order valence-electron chi connectivity index (χ4n) is 2.24. The molecule has 2 aromatic carbocycles. The Morgan fingerprint density at radius 3 is 2.65 bits per heavy atom. The van der Waals surface area contributed by atoms with Crippen LogP contribution in [0.25, 0.3) is 0 Å². The molecule has 2 rings (SSSR count). The summed E-state index contributed by atoms with van der Waals surface area (Å²) in [5, 5.41) is 3.02. The van der Waals surface area contributed by atoms with Crippen molar-refractivity contribution in [3.8, 4) is 0 Å². The molecule has 3 nitrogen and oxygen atoms in total. The highest BCUT2D eigenvalue weighted by molar-refractivity contribution is 5.95. The third kappa shape index (κ3) is 3.18. The quantitative estimate of drug-likeness (QED) is 0.836. The van der Waals surface area contributed by atoms with E-state index in [1.807, 2.05) is 62.4 Å². The molecule has 0 saturated carbocycles. The molecule has 2 aromatic rings. The number of hydrogen-bond donors (Lipinski definition) is 2. The van der Waals surface area contributed by atoms with Crippen LogP contribution in [0.5, 0.6) is 0 Å². The van der Waals surface area contributed by atoms with Gasteiger partial charge in [0.2, 0.25) is 0 Å². The van der Waals surface area contributed by atoms with Crippen LogP contribution in [0.2, 0.25) is 0 Å². The summed E-state index contributed by atoms with van der Waals surface area (Å²) in [7, 11) is 0. The first-order valence-electron chi connectivity index (χ1n) is 6.86. The lowest BCUT2D eigenvalue weighted by molar-refractivity contribution is 0.0939. The smallest absolute Gasteiger partial charge is 0.252 e. The number of hydrogen-bond acceptors (Lipinski definition) is 2. The Bertz CT molecular complexity index is 607. The zero-order valence-corrected chi connectivity index (χ0v) is 11.9. The molecule has 3 N–H and O–H groups in total. The van der Waals surface area contributed by atoms with Gasteiger partial charge in [-0.25, -0.2) is 0 Å². The van der Waals surface area contributed by atoms with Crippen molar-refractivity contribution in [1.29, 1.82) is 0 Å². The van der Waals surface area contributed by atoms with Crippen molar-refractivity contribution >= 4 is 11.6 Å². The Morgan fingerprint density at radius 1 is 1.20 bits per heavy atom. The van der Waals surface area contributed by atoms with Gasteiger partial charge in [0.05, 0.1) is 6.04 Å². The average Bonchev–Trinajstić information content (AvgIpc) is 2.47. The topological polar surface area (TPSA) is 55.1 Å². The number of nitrogens with one attached hydrogen (secondary N) is 1. The monoisotopic (exact) mass is 268 g/mol. The van der Waals surface area contributed by atoms with Gasteiger partial charge in [0.15, 0.2) is 0 Å². The van der Waals surface area contributed by atoms with Gasteiger partial charge in [-0.1, -0.05) is 37.3 Å². The predicted octanol–water partition coefficient (Wildman–Crippen LogP) is 3.32. The summed E-state index contributed by atoms with van der Waals surface area (Å²) < 4.78 is 0. The van der Waals surface area contributed by atoms with Gasteiger partial charge in [-0.15, -0.1) is 0 Å².